The van der Waals surface area contributed by atoms with Crippen LogP contribution >= 0.6 is 0 Å². The van der Waals surface area contributed by atoms with E-state index in [1.807, 2.05) is 18.2 Å². The van der Waals surface area contributed by atoms with E-state index in [1.54, 1.807) is 0 Å². The highest BCUT2D eigenvalue weighted by Gasteiger charge is 2.22. The van der Waals surface area contributed by atoms with Crippen molar-refractivity contribution in [3.8, 4) is 0 Å². The molecule has 18 heavy (non-hydrogen) atoms. The van der Waals surface area contributed by atoms with Crippen molar-refractivity contribution in [1.82, 2.24) is 5.32 Å². The van der Waals surface area contributed by atoms with Crippen LogP contribution in [0.25, 0.3) is 11.0 Å². The molecule has 0 spiro atoms. The highest BCUT2D eigenvalue weighted by Crippen LogP contribution is 2.26. The van der Waals surface area contributed by atoms with Crippen molar-refractivity contribution in [2.45, 2.75) is 46.7 Å². The molecule has 1 N–H and O–H groups in total. The van der Waals surface area contributed by atoms with Gasteiger partial charge in [-0.25, -0.2) is 0 Å². The van der Waals surface area contributed by atoms with Crippen molar-refractivity contribution in [1.29, 1.82) is 0 Å². The maximum Gasteiger partial charge on any atom is 0.134 e. The van der Waals surface area contributed by atoms with Crippen LogP contribution in [0.15, 0.2) is 34.7 Å². The van der Waals surface area contributed by atoms with Crippen LogP contribution in [0, 0.1) is 5.41 Å². The van der Waals surface area contributed by atoms with Crippen molar-refractivity contribution in [3.05, 3.63) is 36.1 Å². The van der Waals surface area contributed by atoms with Gasteiger partial charge >= 0.3 is 0 Å². The number of rotatable bonds is 3. The first-order chi connectivity index (χ1) is 8.38. The third-order valence-corrected chi connectivity index (χ3v) is 3.67. The molecular weight excluding hydrogens is 222 g/mol. The third-order valence-electron chi connectivity index (χ3n) is 3.67. The van der Waals surface area contributed by atoms with Gasteiger partial charge in [0.05, 0.1) is 6.04 Å². The Morgan fingerprint density at radius 3 is 2.39 bits per heavy atom. The van der Waals surface area contributed by atoms with Crippen LogP contribution in [0.5, 0.6) is 0 Å². The second-order valence-corrected chi connectivity index (χ2v) is 6.16. The molecule has 1 heterocycles. The van der Waals surface area contributed by atoms with Gasteiger partial charge in [0.1, 0.15) is 11.3 Å². The number of furan rings is 1. The molecule has 0 saturated carbocycles. The predicted molar refractivity (Wildman–Crippen MR) is 76.7 cm³/mol. The smallest absolute Gasteiger partial charge is 0.134 e. The number of para-hydroxylation sites is 1. The SMILES string of the molecule is CC(NC(C)C(C)(C)C)c1cc2ccccc2o1. The maximum atomic E-state index is 5.88. The van der Waals surface area contributed by atoms with E-state index in [1.165, 1.54) is 5.39 Å². The molecule has 0 aliphatic heterocycles. The van der Waals surface area contributed by atoms with Gasteiger partial charge in [0, 0.05) is 11.4 Å². The van der Waals surface area contributed by atoms with Gasteiger partial charge in [-0.05, 0) is 31.4 Å². The molecular formula is C16H23NO. The van der Waals surface area contributed by atoms with Gasteiger partial charge < -0.3 is 9.73 Å². The summed E-state index contributed by atoms with van der Waals surface area (Å²) in [5.74, 6) is 1.01. The van der Waals surface area contributed by atoms with E-state index in [0.717, 1.165) is 11.3 Å². The predicted octanol–water partition coefficient (Wildman–Crippen LogP) is 4.52. The summed E-state index contributed by atoms with van der Waals surface area (Å²) in [4.78, 5) is 0. The van der Waals surface area contributed by atoms with Crippen LogP contribution in [-0.4, -0.2) is 6.04 Å². The van der Waals surface area contributed by atoms with E-state index in [0.29, 0.717) is 6.04 Å². The third kappa shape index (κ3) is 2.75. The van der Waals surface area contributed by atoms with Crippen LogP contribution in [0.1, 0.15) is 46.4 Å². The Balaban J connectivity index is 2.16. The number of hydrogen-bond acceptors (Lipinski definition) is 2. The molecule has 1 aromatic carbocycles. The quantitative estimate of drug-likeness (QED) is 0.860. The summed E-state index contributed by atoms with van der Waals surface area (Å²) in [6.45, 7) is 11.1. The molecule has 0 saturated heterocycles. The maximum absolute atomic E-state index is 5.88. The van der Waals surface area contributed by atoms with Crippen LogP contribution in [0.2, 0.25) is 0 Å². The number of benzene rings is 1. The molecule has 0 aliphatic rings. The molecule has 0 bridgehead atoms. The minimum atomic E-state index is 0.228. The topological polar surface area (TPSA) is 25.2 Å². The number of fused-ring (bicyclic) bond motifs is 1. The van der Waals surface area contributed by atoms with Crippen molar-refractivity contribution in [3.63, 3.8) is 0 Å². The highest BCUT2D eigenvalue weighted by molar-refractivity contribution is 5.77. The lowest BCUT2D eigenvalue weighted by Crippen LogP contribution is -2.38. The average molecular weight is 245 g/mol. The molecule has 2 heteroatoms. The van der Waals surface area contributed by atoms with E-state index >= 15 is 0 Å². The van der Waals surface area contributed by atoms with Gasteiger partial charge in [-0.1, -0.05) is 39.0 Å². The van der Waals surface area contributed by atoms with Crippen molar-refractivity contribution >= 4 is 11.0 Å². The summed E-state index contributed by atoms with van der Waals surface area (Å²) < 4.78 is 5.88. The number of nitrogens with one attached hydrogen (secondary N) is 1. The van der Waals surface area contributed by atoms with Gasteiger partial charge in [-0.15, -0.1) is 0 Å². The van der Waals surface area contributed by atoms with E-state index in [2.05, 4.69) is 52.1 Å². The zero-order valence-electron chi connectivity index (χ0n) is 11.9. The summed E-state index contributed by atoms with van der Waals surface area (Å²) in [5.41, 5.74) is 1.21. The fraction of sp³-hybridized carbons (Fsp3) is 0.500. The lowest BCUT2D eigenvalue weighted by molar-refractivity contribution is 0.258. The molecule has 98 valence electrons. The Bertz CT molecular complexity index is 488. The number of hydrogen-bond donors (Lipinski definition) is 1. The van der Waals surface area contributed by atoms with E-state index in [-0.39, 0.29) is 11.5 Å². The fourth-order valence-electron chi connectivity index (χ4n) is 1.92. The molecule has 0 amide bonds. The first-order valence-electron chi connectivity index (χ1n) is 6.62. The van der Waals surface area contributed by atoms with Crippen molar-refractivity contribution in [2.75, 3.05) is 0 Å². The van der Waals surface area contributed by atoms with Gasteiger partial charge in [-0.2, -0.15) is 0 Å². The Hall–Kier alpha value is -1.28. The molecule has 2 aromatic rings. The van der Waals surface area contributed by atoms with Gasteiger partial charge in [0.15, 0.2) is 0 Å². The molecule has 2 rings (SSSR count). The van der Waals surface area contributed by atoms with Crippen LogP contribution < -0.4 is 5.32 Å². The molecule has 2 unspecified atom stereocenters. The zero-order valence-corrected chi connectivity index (χ0v) is 11.9. The monoisotopic (exact) mass is 245 g/mol. The highest BCUT2D eigenvalue weighted by atomic mass is 16.3. The molecule has 0 fully saturated rings. The molecule has 0 aliphatic carbocycles. The van der Waals surface area contributed by atoms with E-state index in [4.69, 9.17) is 4.42 Å². The Labute approximate surface area is 109 Å². The molecule has 2 atom stereocenters. The van der Waals surface area contributed by atoms with E-state index in [9.17, 15) is 0 Å². The minimum Gasteiger partial charge on any atom is -0.459 e. The van der Waals surface area contributed by atoms with Crippen LogP contribution in [0.3, 0.4) is 0 Å². The first kappa shape index (κ1) is 13.2. The normalized spacial score (nSPS) is 15.8. The lowest BCUT2D eigenvalue weighted by Gasteiger charge is -2.30. The largest absolute Gasteiger partial charge is 0.459 e. The second-order valence-electron chi connectivity index (χ2n) is 6.16. The van der Waals surface area contributed by atoms with E-state index < -0.39 is 0 Å². The Morgan fingerprint density at radius 2 is 1.78 bits per heavy atom. The fourth-order valence-corrected chi connectivity index (χ4v) is 1.92. The summed E-state index contributed by atoms with van der Waals surface area (Å²) in [6.07, 6.45) is 0. The standard InChI is InChI=1S/C16H23NO/c1-11(17-12(2)16(3,4)5)15-10-13-8-6-7-9-14(13)18-15/h6-12,17H,1-5H3. The summed E-state index contributed by atoms with van der Waals surface area (Å²) in [5, 5.41) is 4.77. The minimum absolute atomic E-state index is 0.228. The zero-order chi connectivity index (χ0) is 13.3. The van der Waals surface area contributed by atoms with Crippen LogP contribution in [0.4, 0.5) is 0 Å². The first-order valence-corrected chi connectivity index (χ1v) is 6.62. The Kier molecular flexibility index (Phi) is 3.49. The van der Waals surface area contributed by atoms with Crippen LogP contribution in [-0.2, 0) is 0 Å². The van der Waals surface area contributed by atoms with Gasteiger partial charge in [-0.3, -0.25) is 0 Å². The molecule has 1 aromatic heterocycles. The summed E-state index contributed by atoms with van der Waals surface area (Å²) in [7, 11) is 0. The van der Waals surface area contributed by atoms with Gasteiger partial charge in [0.25, 0.3) is 0 Å². The molecule has 0 radical (unpaired) electrons. The average Bonchev–Trinajstić information content (AvgIpc) is 2.71. The van der Waals surface area contributed by atoms with Crippen molar-refractivity contribution in [2.24, 2.45) is 5.41 Å². The summed E-state index contributed by atoms with van der Waals surface area (Å²) in [6, 6.07) is 10.9. The van der Waals surface area contributed by atoms with Gasteiger partial charge in [0.2, 0.25) is 0 Å². The Morgan fingerprint density at radius 1 is 1.11 bits per heavy atom. The molecule has 2 nitrogen and oxygen atoms in total. The van der Waals surface area contributed by atoms with Crippen molar-refractivity contribution < 1.29 is 4.42 Å². The lowest BCUT2D eigenvalue weighted by atomic mass is 9.87. The summed E-state index contributed by atoms with van der Waals surface area (Å²) >= 11 is 0. The second kappa shape index (κ2) is 4.77.